The second-order valence-electron chi connectivity index (χ2n) is 13.9. The quantitative estimate of drug-likeness (QED) is 0.105. The van der Waals surface area contributed by atoms with Gasteiger partial charge in [-0.05, 0) is 37.7 Å². The maximum absolute atomic E-state index is 13.4. The number of hydrogen-bond donors (Lipinski definition) is 9. The Morgan fingerprint density at radius 1 is 0.755 bits per heavy atom. The van der Waals surface area contributed by atoms with Gasteiger partial charge in [0.15, 0.2) is 0 Å². The summed E-state index contributed by atoms with van der Waals surface area (Å²) in [6, 6.07) is 10.9. The number of rotatable bonds is 8. The van der Waals surface area contributed by atoms with Gasteiger partial charge in [-0.25, -0.2) is 0 Å². The molecule has 4 heterocycles. The number of carbonyl (C=O) groups is 1. The Balaban J connectivity index is 1.30. The first-order chi connectivity index (χ1) is 25.5. The highest BCUT2D eigenvalue weighted by Gasteiger charge is 2.43. The smallest absolute Gasteiger partial charge is 0.240 e. The summed E-state index contributed by atoms with van der Waals surface area (Å²) < 4.78 is 13.1. The van der Waals surface area contributed by atoms with Crippen LogP contribution in [0.15, 0.2) is 36.4 Å². The lowest BCUT2D eigenvalue weighted by atomic mass is 9.93. The zero-order chi connectivity index (χ0) is 37.8. The Morgan fingerprint density at radius 2 is 1.28 bits per heavy atom. The minimum Gasteiger partial charge on any atom is -0.396 e. The lowest BCUT2D eigenvalue weighted by Gasteiger charge is -2.38. The van der Waals surface area contributed by atoms with Crippen LogP contribution in [0.25, 0.3) is 21.8 Å². The predicted molar refractivity (Wildman–Crippen MR) is 192 cm³/mol. The van der Waals surface area contributed by atoms with Gasteiger partial charge in [0.2, 0.25) is 5.91 Å². The molecule has 15 nitrogen and oxygen atoms in total. The Hall–Kier alpha value is -3.65. The first-order valence-electron chi connectivity index (χ1n) is 17.9. The summed E-state index contributed by atoms with van der Waals surface area (Å²) in [4.78, 5) is 18.0. The molecular formula is C38H48N4O11. The average molecular weight is 737 g/mol. The van der Waals surface area contributed by atoms with Crippen molar-refractivity contribution in [3.8, 4) is 23.7 Å². The average Bonchev–Trinajstić information content (AvgIpc) is 3.45. The van der Waals surface area contributed by atoms with Crippen molar-refractivity contribution in [2.24, 2.45) is 0 Å². The molecule has 3 aliphatic rings. The number of hydrogen-bond acceptors (Lipinski definition) is 13. The van der Waals surface area contributed by atoms with E-state index in [9.17, 15) is 45.6 Å². The van der Waals surface area contributed by atoms with Crippen LogP contribution in [-0.2, 0) is 20.8 Å². The number of amides is 1. The van der Waals surface area contributed by atoms with Gasteiger partial charge in [-0.15, -0.1) is 0 Å². The normalized spacial score (nSPS) is 31.1. The highest BCUT2D eigenvalue weighted by molar-refractivity contribution is 6.09. The maximum atomic E-state index is 13.4. The van der Waals surface area contributed by atoms with Crippen molar-refractivity contribution in [3.05, 3.63) is 47.5 Å². The molecule has 0 spiro atoms. The van der Waals surface area contributed by atoms with Crippen LogP contribution in [0.5, 0.6) is 0 Å². The molecule has 3 aliphatic heterocycles. The minimum atomic E-state index is -1.55. The van der Waals surface area contributed by atoms with Gasteiger partial charge in [-0.3, -0.25) is 9.69 Å². The van der Waals surface area contributed by atoms with Gasteiger partial charge in [-0.2, -0.15) is 0 Å². The third-order valence-corrected chi connectivity index (χ3v) is 10.3. The minimum absolute atomic E-state index is 0.0272. The van der Waals surface area contributed by atoms with Crippen molar-refractivity contribution in [3.63, 3.8) is 0 Å². The van der Waals surface area contributed by atoms with E-state index < -0.39 is 67.6 Å². The topological polar surface area (TPSA) is 221 Å². The number of fused-ring (bicyclic) bond motifs is 3. The molecule has 0 unspecified atom stereocenters. The van der Waals surface area contributed by atoms with Gasteiger partial charge in [-0.1, -0.05) is 35.8 Å². The molecule has 0 saturated carbocycles. The van der Waals surface area contributed by atoms with Crippen molar-refractivity contribution in [2.45, 2.75) is 74.0 Å². The Bertz CT molecular complexity index is 1870. The predicted octanol–water partition coefficient (Wildman–Crippen LogP) is -3.06. The van der Waals surface area contributed by atoms with E-state index in [-0.39, 0.29) is 25.5 Å². The number of aliphatic hydroxyl groups excluding tert-OH is 8. The SMILES string of the molecule is CN1CCN(CCNC(=O)Cn2c3cc(C#C[C@H]4O[C@H](CO)[C@@H](O)[C@H](O)[C@@H]4O)ccc3c3ccc(C#C[C@H]4O[C@H](CCO)[C@@H](O)[C@H](O)[C@@H]4O)cc32)CC1. The van der Waals surface area contributed by atoms with Gasteiger partial charge in [0.05, 0.1) is 23.7 Å². The molecule has 53 heavy (non-hydrogen) atoms. The molecule has 10 atom stereocenters. The maximum Gasteiger partial charge on any atom is 0.240 e. The number of aromatic nitrogens is 1. The third kappa shape index (κ3) is 8.69. The van der Waals surface area contributed by atoms with Crippen molar-refractivity contribution < 1.29 is 55.1 Å². The molecule has 15 heteroatoms. The molecule has 0 bridgehead atoms. The summed E-state index contributed by atoms with van der Waals surface area (Å²) in [5, 5.41) is 85.5. The molecule has 286 valence electrons. The molecule has 3 aromatic rings. The summed E-state index contributed by atoms with van der Waals surface area (Å²) in [6.45, 7) is 4.14. The molecule has 1 amide bonds. The van der Waals surface area contributed by atoms with E-state index in [0.717, 1.165) is 43.5 Å². The highest BCUT2D eigenvalue weighted by Crippen LogP contribution is 2.31. The molecule has 9 N–H and O–H groups in total. The van der Waals surface area contributed by atoms with E-state index in [2.05, 4.69) is 45.8 Å². The van der Waals surface area contributed by atoms with Crippen LogP contribution in [-0.4, -0.2) is 182 Å². The summed E-state index contributed by atoms with van der Waals surface area (Å²) in [5.41, 5.74) is 2.44. The van der Waals surface area contributed by atoms with Gasteiger partial charge in [0.1, 0.15) is 61.5 Å². The number of ether oxygens (including phenoxy) is 2. The molecule has 2 aromatic carbocycles. The number of nitrogens with zero attached hydrogens (tertiary/aromatic N) is 3. The van der Waals surface area contributed by atoms with Crippen LogP contribution < -0.4 is 5.32 Å². The molecule has 0 aliphatic carbocycles. The summed E-state index contributed by atoms with van der Waals surface area (Å²) in [6.07, 6.45) is -13.1. The van der Waals surface area contributed by atoms with E-state index in [0.29, 0.717) is 28.7 Å². The number of likely N-dealkylation sites (N-methyl/N-ethyl adjacent to an activating group) is 1. The number of nitrogens with one attached hydrogen (secondary N) is 1. The number of piperazine rings is 1. The Kier molecular flexibility index (Phi) is 12.7. The first kappa shape index (κ1) is 39.1. The van der Waals surface area contributed by atoms with Gasteiger partial charge >= 0.3 is 0 Å². The molecule has 3 fully saturated rings. The monoisotopic (exact) mass is 736 g/mol. The van der Waals surface area contributed by atoms with Crippen LogP contribution >= 0.6 is 0 Å². The fourth-order valence-corrected chi connectivity index (χ4v) is 7.01. The lowest BCUT2D eigenvalue weighted by Crippen LogP contribution is -2.58. The zero-order valence-electron chi connectivity index (χ0n) is 29.5. The van der Waals surface area contributed by atoms with Gasteiger partial charge in [0, 0.05) is 67.8 Å². The summed E-state index contributed by atoms with van der Waals surface area (Å²) in [7, 11) is 2.09. The fraction of sp³-hybridized carbons (Fsp3) is 0.553. The van der Waals surface area contributed by atoms with E-state index in [1.165, 1.54) is 0 Å². The Labute approximate surface area is 306 Å². The van der Waals surface area contributed by atoms with Crippen molar-refractivity contribution in [2.75, 3.05) is 59.5 Å². The first-order valence-corrected chi connectivity index (χ1v) is 17.9. The number of benzene rings is 2. The second-order valence-corrected chi connectivity index (χ2v) is 13.9. The van der Waals surface area contributed by atoms with E-state index in [1.807, 2.05) is 22.8 Å². The molecule has 3 saturated heterocycles. The largest absolute Gasteiger partial charge is 0.396 e. The molecular weight excluding hydrogens is 688 g/mol. The second kappa shape index (κ2) is 17.2. The zero-order valence-corrected chi connectivity index (χ0v) is 29.5. The van der Waals surface area contributed by atoms with Crippen LogP contribution in [0.2, 0.25) is 0 Å². The molecule has 0 radical (unpaired) electrons. The van der Waals surface area contributed by atoms with Crippen LogP contribution in [0.3, 0.4) is 0 Å². The van der Waals surface area contributed by atoms with E-state index in [4.69, 9.17) is 9.47 Å². The number of aliphatic hydroxyl groups is 8. The number of carbonyl (C=O) groups excluding carboxylic acids is 1. The van der Waals surface area contributed by atoms with Crippen LogP contribution in [0.1, 0.15) is 17.5 Å². The fourth-order valence-electron chi connectivity index (χ4n) is 7.01. The van der Waals surface area contributed by atoms with Crippen LogP contribution in [0, 0.1) is 23.7 Å². The van der Waals surface area contributed by atoms with Crippen LogP contribution in [0.4, 0.5) is 0 Å². The molecule has 6 rings (SSSR count). The lowest BCUT2D eigenvalue weighted by molar-refractivity contribution is -0.214. The van der Waals surface area contributed by atoms with Crippen molar-refractivity contribution >= 4 is 27.7 Å². The Morgan fingerprint density at radius 3 is 1.81 bits per heavy atom. The summed E-state index contributed by atoms with van der Waals surface area (Å²) >= 11 is 0. The van der Waals surface area contributed by atoms with Gasteiger partial charge in [0.25, 0.3) is 0 Å². The van der Waals surface area contributed by atoms with Crippen molar-refractivity contribution in [1.29, 1.82) is 0 Å². The standard InChI is InChI=1S/C38H48N4O11/c1-40-13-15-41(16-14-40)12-11-39-32(45)20-42-26-18-22(4-8-28-33(46)37(50)35(48)30(52-28)10-17-43)2-6-24(26)25-7-3-23(19-27(25)42)5-9-29-34(47)38(51)36(49)31(21-44)53-29/h2-3,6-7,18-19,28-31,33-38,43-44,46-51H,10-17,20-21H2,1H3,(H,39,45)/t28-,29-,30-,31-,33-,34-,35-,36-,37-,38-/m1/s1. The van der Waals surface area contributed by atoms with Crippen molar-refractivity contribution in [1.82, 2.24) is 19.7 Å². The highest BCUT2D eigenvalue weighted by atomic mass is 16.5. The summed E-state index contributed by atoms with van der Waals surface area (Å²) in [5.74, 6) is 11.4. The van der Waals surface area contributed by atoms with E-state index in [1.54, 1.807) is 18.2 Å². The van der Waals surface area contributed by atoms with E-state index >= 15 is 0 Å². The molecule has 1 aromatic heterocycles. The van der Waals surface area contributed by atoms with Gasteiger partial charge < -0.3 is 65.1 Å². The third-order valence-electron chi connectivity index (χ3n) is 10.3.